The molecule has 0 unspecified atom stereocenters. The zero-order chi connectivity index (χ0) is 16.7. The van der Waals surface area contributed by atoms with Gasteiger partial charge in [0.25, 0.3) is 0 Å². The quantitative estimate of drug-likeness (QED) is 0.688. The molecule has 0 aromatic heterocycles. The van der Waals surface area contributed by atoms with Gasteiger partial charge in [0, 0.05) is 0 Å². The molecule has 0 bridgehead atoms. The van der Waals surface area contributed by atoms with Crippen molar-refractivity contribution in [3.05, 3.63) is 29.8 Å². The van der Waals surface area contributed by atoms with Crippen molar-refractivity contribution in [2.45, 2.75) is 65.7 Å². The van der Waals surface area contributed by atoms with Gasteiger partial charge in [0.2, 0.25) is 0 Å². The van der Waals surface area contributed by atoms with E-state index in [1.165, 1.54) is 0 Å². The Morgan fingerprint density at radius 3 is 1.90 bits per heavy atom. The molecule has 1 aromatic carbocycles. The van der Waals surface area contributed by atoms with Crippen LogP contribution in [0.2, 0.25) is 0 Å². The molecule has 1 aromatic rings. The molecule has 0 saturated carbocycles. The topological polar surface area (TPSA) is 34.1 Å². The summed E-state index contributed by atoms with van der Waals surface area (Å²) in [4.78, 5) is 0.513. The normalized spacial score (nSPS) is 24.0. The molecule has 120 valence electrons. The van der Waals surface area contributed by atoms with Crippen LogP contribution in [-0.4, -0.2) is 14.2 Å². The van der Waals surface area contributed by atoms with Gasteiger partial charge in [-0.25, -0.2) is 8.42 Å². The zero-order valence-electron chi connectivity index (χ0n) is 14.7. The molecule has 0 spiro atoms. The van der Waals surface area contributed by atoms with E-state index in [0.29, 0.717) is 4.90 Å². The molecule has 0 N–H and O–H groups in total. The fourth-order valence-electron chi connectivity index (χ4n) is 3.17. The van der Waals surface area contributed by atoms with Crippen molar-refractivity contribution in [2.24, 2.45) is 10.8 Å². The highest BCUT2D eigenvalue weighted by Crippen LogP contribution is 2.56. The van der Waals surface area contributed by atoms with E-state index < -0.39 is 9.84 Å². The highest BCUT2D eigenvalue weighted by molar-refractivity contribution is 7.91. The molecule has 0 atom stereocenters. The van der Waals surface area contributed by atoms with Crippen molar-refractivity contribution in [3.8, 4) is 0 Å². The lowest BCUT2D eigenvalue weighted by molar-refractivity contribution is 0.0497. The number of rotatable bonds is 0. The minimum absolute atomic E-state index is 0.125. The van der Waals surface area contributed by atoms with Gasteiger partial charge in [-0.1, -0.05) is 73.6 Å². The SMILES string of the molecule is CC.CC1(C)CS(=O)(=O)c2ccccc2C(C)(C)C1(C)C. The van der Waals surface area contributed by atoms with Crippen LogP contribution in [0, 0.1) is 10.8 Å². The highest BCUT2D eigenvalue weighted by Gasteiger charge is 2.54. The van der Waals surface area contributed by atoms with E-state index in [1.807, 2.05) is 32.0 Å². The first-order valence-electron chi connectivity index (χ1n) is 7.76. The second kappa shape index (κ2) is 5.42. The molecular formula is C18H30O2S. The molecule has 0 aliphatic carbocycles. The predicted octanol–water partition coefficient (Wildman–Crippen LogP) is 4.83. The van der Waals surface area contributed by atoms with Crippen molar-refractivity contribution in [1.82, 2.24) is 0 Å². The van der Waals surface area contributed by atoms with Crippen LogP contribution in [0.15, 0.2) is 29.2 Å². The van der Waals surface area contributed by atoms with Gasteiger partial charge in [-0.05, 0) is 27.9 Å². The van der Waals surface area contributed by atoms with Crippen LogP contribution in [0.1, 0.15) is 61.0 Å². The molecule has 2 rings (SSSR count). The molecule has 0 saturated heterocycles. The van der Waals surface area contributed by atoms with Crippen molar-refractivity contribution in [2.75, 3.05) is 5.75 Å². The Kier molecular flexibility index (Phi) is 4.70. The van der Waals surface area contributed by atoms with Gasteiger partial charge in [0.1, 0.15) is 0 Å². The maximum absolute atomic E-state index is 12.7. The summed E-state index contributed by atoms with van der Waals surface area (Å²) in [6.45, 7) is 16.8. The van der Waals surface area contributed by atoms with Crippen LogP contribution in [-0.2, 0) is 15.3 Å². The lowest BCUT2D eigenvalue weighted by atomic mass is 9.53. The molecule has 0 fully saturated rings. The van der Waals surface area contributed by atoms with Crippen molar-refractivity contribution in [3.63, 3.8) is 0 Å². The summed E-state index contributed by atoms with van der Waals surface area (Å²) in [7, 11) is -3.23. The molecule has 1 aliphatic rings. The van der Waals surface area contributed by atoms with Gasteiger partial charge in [0.05, 0.1) is 10.6 Å². The van der Waals surface area contributed by atoms with Crippen LogP contribution < -0.4 is 0 Å². The highest BCUT2D eigenvalue weighted by atomic mass is 32.2. The number of hydrogen-bond donors (Lipinski definition) is 0. The first kappa shape index (κ1) is 18.2. The summed E-state index contributed by atoms with van der Waals surface area (Å²) in [6, 6.07) is 7.47. The van der Waals surface area contributed by atoms with Crippen LogP contribution >= 0.6 is 0 Å². The Balaban J connectivity index is 0.00000106. The van der Waals surface area contributed by atoms with Gasteiger partial charge in [-0.15, -0.1) is 0 Å². The fourth-order valence-corrected chi connectivity index (χ4v) is 5.58. The van der Waals surface area contributed by atoms with Crippen LogP contribution in [0.5, 0.6) is 0 Å². The second-order valence-corrected chi connectivity index (χ2v) is 9.35. The first-order chi connectivity index (χ1) is 9.43. The number of benzene rings is 1. The third kappa shape index (κ3) is 2.65. The van der Waals surface area contributed by atoms with E-state index >= 15 is 0 Å². The molecule has 0 amide bonds. The van der Waals surface area contributed by atoms with E-state index in [4.69, 9.17) is 0 Å². The number of fused-ring (bicyclic) bond motifs is 1. The van der Waals surface area contributed by atoms with E-state index in [1.54, 1.807) is 6.07 Å². The Morgan fingerprint density at radius 1 is 0.905 bits per heavy atom. The van der Waals surface area contributed by atoms with E-state index in [2.05, 4.69) is 41.5 Å². The average molecular weight is 311 g/mol. The maximum atomic E-state index is 12.7. The van der Waals surface area contributed by atoms with Crippen molar-refractivity contribution < 1.29 is 8.42 Å². The Hall–Kier alpha value is -0.830. The van der Waals surface area contributed by atoms with Gasteiger partial charge in [-0.2, -0.15) is 0 Å². The lowest BCUT2D eigenvalue weighted by Gasteiger charge is -2.50. The summed E-state index contributed by atoms with van der Waals surface area (Å²) in [5.41, 5.74) is 0.343. The molecule has 1 heterocycles. The third-order valence-corrected chi connectivity index (χ3v) is 7.83. The van der Waals surface area contributed by atoms with Crippen LogP contribution in [0.3, 0.4) is 0 Å². The summed E-state index contributed by atoms with van der Waals surface area (Å²) < 4.78 is 25.4. The molecule has 21 heavy (non-hydrogen) atoms. The Morgan fingerprint density at radius 2 is 1.38 bits per heavy atom. The van der Waals surface area contributed by atoms with Gasteiger partial charge < -0.3 is 0 Å². The average Bonchev–Trinajstić information content (AvgIpc) is 2.41. The van der Waals surface area contributed by atoms with Gasteiger partial charge >= 0.3 is 0 Å². The predicted molar refractivity (Wildman–Crippen MR) is 90.4 cm³/mol. The van der Waals surface area contributed by atoms with Crippen molar-refractivity contribution in [1.29, 1.82) is 0 Å². The summed E-state index contributed by atoms with van der Waals surface area (Å²) >= 11 is 0. The largest absolute Gasteiger partial charge is 0.224 e. The van der Waals surface area contributed by atoms with E-state index in [0.717, 1.165) is 5.56 Å². The first-order valence-corrected chi connectivity index (χ1v) is 9.41. The van der Waals surface area contributed by atoms with Crippen LogP contribution in [0.25, 0.3) is 0 Å². The molecule has 1 aliphatic heterocycles. The van der Waals surface area contributed by atoms with E-state index in [-0.39, 0.29) is 22.0 Å². The lowest BCUT2D eigenvalue weighted by Crippen LogP contribution is -2.48. The molecular weight excluding hydrogens is 280 g/mol. The molecule has 3 heteroatoms. The van der Waals surface area contributed by atoms with E-state index in [9.17, 15) is 8.42 Å². The molecule has 2 nitrogen and oxygen atoms in total. The number of hydrogen-bond acceptors (Lipinski definition) is 2. The maximum Gasteiger partial charge on any atom is 0.179 e. The fraction of sp³-hybridized carbons (Fsp3) is 0.667. The standard InChI is InChI=1S/C16H24O2S.C2H6/c1-14(2)11-19(17,18)13-10-8-7-9-12(13)15(3,4)16(14,5)6;1-2/h7-10H,11H2,1-6H3;1-2H3. The smallest absolute Gasteiger partial charge is 0.179 e. The monoisotopic (exact) mass is 310 g/mol. The van der Waals surface area contributed by atoms with Crippen molar-refractivity contribution >= 4 is 9.84 Å². The minimum Gasteiger partial charge on any atom is -0.224 e. The summed E-state index contributed by atoms with van der Waals surface area (Å²) in [6.07, 6.45) is 0. The summed E-state index contributed by atoms with van der Waals surface area (Å²) in [5, 5.41) is 0. The Labute approximate surface area is 130 Å². The third-order valence-electron chi connectivity index (χ3n) is 5.70. The zero-order valence-corrected chi connectivity index (χ0v) is 15.6. The second-order valence-electron chi connectivity index (χ2n) is 7.39. The minimum atomic E-state index is -3.23. The molecule has 0 radical (unpaired) electrons. The van der Waals surface area contributed by atoms with Crippen LogP contribution in [0.4, 0.5) is 0 Å². The van der Waals surface area contributed by atoms with Gasteiger partial charge in [0.15, 0.2) is 9.84 Å². The number of sulfone groups is 1. The van der Waals surface area contributed by atoms with Gasteiger partial charge in [-0.3, -0.25) is 0 Å². The summed E-state index contributed by atoms with van der Waals surface area (Å²) in [5.74, 6) is 0.202. The Bertz CT molecular complexity index is 608.